The van der Waals surface area contributed by atoms with Crippen LogP contribution in [0, 0.1) is 24.0 Å². The van der Waals surface area contributed by atoms with E-state index in [9.17, 15) is 10.1 Å². The lowest BCUT2D eigenvalue weighted by molar-refractivity contribution is -0.384. The molecule has 34 heavy (non-hydrogen) atoms. The minimum Gasteiger partial charge on any atom is -0.495 e. The highest BCUT2D eigenvalue weighted by atomic mass is 32.1. The molecule has 1 fully saturated rings. The number of benzene rings is 1. The van der Waals surface area contributed by atoms with Gasteiger partial charge in [-0.2, -0.15) is 0 Å². The van der Waals surface area contributed by atoms with Crippen molar-refractivity contribution in [3.05, 3.63) is 81.4 Å². The van der Waals surface area contributed by atoms with Gasteiger partial charge in [0.15, 0.2) is 5.11 Å². The van der Waals surface area contributed by atoms with E-state index in [0.717, 1.165) is 22.6 Å². The standard InChI is InChI=1S/C24H27N5O4S/c1-15-13-18(16(2)28(15)20-14-17(29(30)31)8-9-21(20)33-4)23-22(19-7-5-6-10-25-19)26-24(34)27(23)11-12-32-3/h5-10,13-14,22-23H,11-12H2,1-4H3,(H,26,34)/t22-,23+/m1/s1. The molecule has 10 heteroatoms. The van der Waals surface area contributed by atoms with Crippen molar-refractivity contribution in [1.82, 2.24) is 19.8 Å². The van der Waals surface area contributed by atoms with Crippen LogP contribution in [0.2, 0.25) is 0 Å². The Kier molecular flexibility index (Phi) is 6.80. The predicted molar refractivity (Wildman–Crippen MR) is 132 cm³/mol. The van der Waals surface area contributed by atoms with E-state index in [1.807, 2.05) is 36.6 Å². The fourth-order valence-corrected chi connectivity index (χ4v) is 4.93. The molecule has 0 spiro atoms. The van der Waals surface area contributed by atoms with Crippen molar-refractivity contribution in [2.24, 2.45) is 0 Å². The van der Waals surface area contributed by atoms with Crippen LogP contribution in [-0.2, 0) is 4.74 Å². The first-order valence-electron chi connectivity index (χ1n) is 10.9. The number of thiocarbonyl (C=S) groups is 1. The Morgan fingerprint density at radius 3 is 2.65 bits per heavy atom. The van der Waals surface area contributed by atoms with E-state index in [1.54, 1.807) is 32.5 Å². The first-order chi connectivity index (χ1) is 16.4. The molecule has 0 unspecified atom stereocenters. The molecule has 4 rings (SSSR count). The molecule has 2 atom stereocenters. The molecule has 9 nitrogen and oxygen atoms in total. The smallest absolute Gasteiger partial charge is 0.271 e. The van der Waals surface area contributed by atoms with Crippen LogP contribution in [0.5, 0.6) is 5.75 Å². The van der Waals surface area contributed by atoms with Crippen molar-refractivity contribution in [3.8, 4) is 11.4 Å². The van der Waals surface area contributed by atoms with Crippen LogP contribution >= 0.6 is 12.2 Å². The van der Waals surface area contributed by atoms with Gasteiger partial charge in [-0.3, -0.25) is 15.1 Å². The molecule has 1 saturated heterocycles. The van der Waals surface area contributed by atoms with Gasteiger partial charge in [0.1, 0.15) is 5.75 Å². The van der Waals surface area contributed by atoms with Crippen molar-refractivity contribution in [1.29, 1.82) is 0 Å². The summed E-state index contributed by atoms with van der Waals surface area (Å²) in [6.07, 6.45) is 1.77. The molecule has 178 valence electrons. The van der Waals surface area contributed by atoms with Crippen molar-refractivity contribution >= 4 is 23.0 Å². The van der Waals surface area contributed by atoms with E-state index >= 15 is 0 Å². The van der Waals surface area contributed by atoms with Crippen LogP contribution in [0.3, 0.4) is 0 Å². The van der Waals surface area contributed by atoms with Crippen molar-refractivity contribution in [2.75, 3.05) is 27.4 Å². The minimum absolute atomic E-state index is 0.00152. The second-order valence-electron chi connectivity index (χ2n) is 8.09. The van der Waals surface area contributed by atoms with Gasteiger partial charge in [-0.15, -0.1) is 0 Å². The fraction of sp³-hybridized carbons (Fsp3) is 0.333. The average Bonchev–Trinajstić information content (AvgIpc) is 3.32. The summed E-state index contributed by atoms with van der Waals surface area (Å²) in [6.45, 7) is 5.11. The summed E-state index contributed by atoms with van der Waals surface area (Å²) in [5.41, 5.74) is 4.41. The minimum atomic E-state index is -0.402. The molecule has 1 aromatic carbocycles. The molecular weight excluding hydrogens is 454 g/mol. The van der Waals surface area contributed by atoms with E-state index in [-0.39, 0.29) is 17.8 Å². The Morgan fingerprint density at radius 1 is 1.21 bits per heavy atom. The summed E-state index contributed by atoms with van der Waals surface area (Å²) >= 11 is 5.70. The predicted octanol–water partition coefficient (Wildman–Crippen LogP) is 4.02. The number of non-ortho nitro benzene ring substituents is 1. The van der Waals surface area contributed by atoms with Crippen LogP contribution in [0.1, 0.15) is 34.7 Å². The van der Waals surface area contributed by atoms with Gasteiger partial charge in [0.2, 0.25) is 0 Å². The Bertz CT molecular complexity index is 1210. The lowest BCUT2D eigenvalue weighted by atomic mass is 9.97. The molecule has 1 aliphatic rings. The monoisotopic (exact) mass is 481 g/mol. The largest absolute Gasteiger partial charge is 0.495 e. The molecule has 3 heterocycles. The highest BCUT2D eigenvalue weighted by molar-refractivity contribution is 7.80. The molecule has 0 bridgehead atoms. The van der Waals surface area contributed by atoms with Gasteiger partial charge in [-0.1, -0.05) is 6.07 Å². The summed E-state index contributed by atoms with van der Waals surface area (Å²) in [6, 6.07) is 12.2. The fourth-order valence-electron chi connectivity index (χ4n) is 4.60. The number of aromatic nitrogens is 2. The van der Waals surface area contributed by atoms with E-state index in [2.05, 4.69) is 21.3 Å². The number of nitrogens with zero attached hydrogens (tertiary/aromatic N) is 4. The molecular formula is C24H27N5O4S. The summed E-state index contributed by atoms with van der Waals surface area (Å²) in [4.78, 5) is 17.8. The lowest BCUT2D eigenvalue weighted by Crippen LogP contribution is -2.32. The molecule has 0 aliphatic carbocycles. The van der Waals surface area contributed by atoms with Crippen LogP contribution in [0.25, 0.3) is 5.69 Å². The molecule has 1 N–H and O–H groups in total. The second kappa shape index (κ2) is 9.78. The van der Waals surface area contributed by atoms with Crippen molar-refractivity contribution in [3.63, 3.8) is 0 Å². The van der Waals surface area contributed by atoms with Gasteiger partial charge >= 0.3 is 0 Å². The summed E-state index contributed by atoms with van der Waals surface area (Å²) in [5.74, 6) is 0.552. The summed E-state index contributed by atoms with van der Waals surface area (Å²) in [7, 11) is 3.22. The van der Waals surface area contributed by atoms with Gasteiger partial charge in [-0.05, 0) is 55.9 Å². The van der Waals surface area contributed by atoms with Crippen molar-refractivity contribution < 1.29 is 14.4 Å². The molecule has 1 aliphatic heterocycles. The Balaban J connectivity index is 1.86. The van der Waals surface area contributed by atoms with E-state index in [0.29, 0.717) is 29.7 Å². The topological polar surface area (TPSA) is 94.7 Å². The van der Waals surface area contributed by atoms with Gasteiger partial charge in [0.25, 0.3) is 5.69 Å². The second-order valence-corrected chi connectivity index (χ2v) is 8.47. The number of nitro benzene ring substituents is 1. The zero-order chi connectivity index (χ0) is 24.4. The molecule has 0 saturated carbocycles. The first kappa shape index (κ1) is 23.7. The number of hydrogen-bond acceptors (Lipinski definition) is 6. The Labute approximate surface area is 203 Å². The van der Waals surface area contributed by atoms with E-state index in [4.69, 9.17) is 21.7 Å². The molecule has 0 radical (unpaired) electrons. The van der Waals surface area contributed by atoms with E-state index < -0.39 is 4.92 Å². The maximum absolute atomic E-state index is 11.5. The van der Waals surface area contributed by atoms with Gasteiger partial charge in [0.05, 0.1) is 42.1 Å². The highest BCUT2D eigenvalue weighted by Gasteiger charge is 2.41. The number of ether oxygens (including phenoxy) is 2. The number of methoxy groups -OCH3 is 2. The van der Waals surface area contributed by atoms with Crippen molar-refractivity contribution in [2.45, 2.75) is 25.9 Å². The Morgan fingerprint density at radius 2 is 2.00 bits per heavy atom. The number of hydrogen-bond donors (Lipinski definition) is 1. The number of nitrogens with one attached hydrogen (secondary N) is 1. The molecule has 0 amide bonds. The van der Waals surface area contributed by atoms with Crippen LogP contribution < -0.4 is 10.1 Å². The molecule has 3 aromatic rings. The number of rotatable bonds is 8. The van der Waals surface area contributed by atoms with Crippen LogP contribution in [-0.4, -0.2) is 51.9 Å². The number of pyridine rings is 1. The quantitative estimate of drug-likeness (QED) is 0.293. The van der Waals surface area contributed by atoms with Crippen LogP contribution in [0.15, 0.2) is 48.7 Å². The first-order valence-corrected chi connectivity index (χ1v) is 11.3. The average molecular weight is 482 g/mol. The summed E-state index contributed by atoms with van der Waals surface area (Å²) in [5, 5.41) is 15.5. The zero-order valence-corrected chi connectivity index (χ0v) is 20.3. The van der Waals surface area contributed by atoms with Crippen LogP contribution in [0.4, 0.5) is 5.69 Å². The lowest BCUT2D eigenvalue weighted by Gasteiger charge is -2.28. The highest BCUT2D eigenvalue weighted by Crippen LogP contribution is 2.42. The maximum Gasteiger partial charge on any atom is 0.271 e. The van der Waals surface area contributed by atoms with Gasteiger partial charge < -0.3 is 24.3 Å². The molecule has 2 aromatic heterocycles. The SMILES string of the molecule is COCCN1C(=S)N[C@H](c2ccccn2)[C@@H]1c1cc(C)n(-c2cc([N+](=O)[O-])ccc2OC)c1C. The maximum atomic E-state index is 11.5. The van der Waals surface area contributed by atoms with E-state index in [1.165, 1.54) is 6.07 Å². The third-order valence-electron chi connectivity index (χ3n) is 6.14. The van der Waals surface area contributed by atoms with Gasteiger partial charge in [0, 0.05) is 43.4 Å². The third kappa shape index (κ3) is 4.22. The summed E-state index contributed by atoms with van der Waals surface area (Å²) < 4.78 is 12.9. The zero-order valence-electron chi connectivity index (χ0n) is 19.5. The number of nitro groups is 1. The normalized spacial score (nSPS) is 17.6. The third-order valence-corrected chi connectivity index (χ3v) is 6.49. The van der Waals surface area contributed by atoms with Gasteiger partial charge in [-0.25, -0.2) is 0 Å². The number of aryl methyl sites for hydroxylation is 1. The Hall–Kier alpha value is -3.50.